The monoisotopic (exact) mass is 372 g/mol. The molecule has 0 amide bonds. The first-order valence-electron chi connectivity index (χ1n) is 10.2. The fourth-order valence-corrected chi connectivity index (χ4v) is 8.34. The van der Waals surface area contributed by atoms with Crippen molar-refractivity contribution < 1.29 is 4.74 Å². The summed E-state index contributed by atoms with van der Waals surface area (Å²) in [5, 5.41) is 1.36. The van der Waals surface area contributed by atoms with Crippen LogP contribution >= 0.6 is 0 Å². The Morgan fingerprint density at radius 1 is 1.00 bits per heavy atom. The van der Waals surface area contributed by atoms with Gasteiger partial charge in [0.25, 0.3) is 0 Å². The third-order valence-corrected chi connectivity index (χ3v) is 10.4. The molecular formula is C24H40OSi. The van der Waals surface area contributed by atoms with Gasteiger partial charge in [-0.1, -0.05) is 90.2 Å². The molecule has 2 heteroatoms. The molecule has 0 aromatic carbocycles. The Hall–Kier alpha value is -0.863. The van der Waals surface area contributed by atoms with Gasteiger partial charge in [-0.3, -0.25) is 0 Å². The molecule has 0 radical (unpaired) electrons. The Morgan fingerprint density at radius 2 is 1.62 bits per heavy atom. The van der Waals surface area contributed by atoms with Crippen molar-refractivity contribution in [2.24, 2.45) is 10.8 Å². The zero-order chi connectivity index (χ0) is 20.0. The van der Waals surface area contributed by atoms with Crippen LogP contribution in [0.25, 0.3) is 0 Å². The Labute approximate surface area is 163 Å². The normalized spacial score (nSPS) is 24.7. The number of allylic oxidation sites excluding steroid dienone is 6. The quantitative estimate of drug-likeness (QED) is 0.475. The molecule has 0 bridgehead atoms. The highest BCUT2D eigenvalue weighted by Crippen LogP contribution is 2.52. The van der Waals surface area contributed by atoms with E-state index >= 15 is 0 Å². The van der Waals surface area contributed by atoms with Crippen LogP contribution < -0.4 is 0 Å². The van der Waals surface area contributed by atoms with Crippen molar-refractivity contribution in [1.82, 2.24) is 0 Å². The molecule has 0 saturated carbocycles. The van der Waals surface area contributed by atoms with Gasteiger partial charge in [-0.05, 0) is 48.7 Å². The standard InChI is InChI=1S/C24H40OSi/c1-18(2)25-24(26(9,10)20-13-11-12-14-20)16-15-19(22(3,4)5)17-21(24)23(6,7)8/h11,13-15,17-18H,12,16H2,1-10H3. The lowest BCUT2D eigenvalue weighted by atomic mass is 9.73. The Morgan fingerprint density at radius 3 is 2.04 bits per heavy atom. The summed E-state index contributed by atoms with van der Waals surface area (Å²) in [6.07, 6.45) is 14.3. The van der Waals surface area contributed by atoms with Crippen LogP contribution in [0.2, 0.25) is 13.1 Å². The van der Waals surface area contributed by atoms with E-state index in [0.717, 1.165) is 12.8 Å². The Kier molecular flexibility index (Phi) is 5.73. The maximum Gasteiger partial charge on any atom is 0.122 e. The van der Waals surface area contributed by atoms with Crippen molar-refractivity contribution in [2.45, 2.75) is 92.7 Å². The molecule has 2 aliphatic carbocycles. The third kappa shape index (κ3) is 3.87. The molecule has 0 fully saturated rings. The number of rotatable bonds is 4. The van der Waals surface area contributed by atoms with Crippen molar-refractivity contribution in [1.29, 1.82) is 0 Å². The van der Waals surface area contributed by atoms with Crippen LogP contribution in [0.1, 0.15) is 68.2 Å². The SMILES string of the molecule is CC(C)OC1([Si](C)(C)C2=CCC=C2)CC=C(C(C)(C)C)C=C1C(C)(C)C. The average molecular weight is 373 g/mol. The summed E-state index contributed by atoms with van der Waals surface area (Å²) in [6.45, 7) is 23.4. The fraction of sp³-hybridized carbons (Fsp3) is 0.667. The topological polar surface area (TPSA) is 9.23 Å². The van der Waals surface area contributed by atoms with E-state index in [9.17, 15) is 0 Å². The molecule has 2 rings (SSSR count). The zero-order valence-electron chi connectivity index (χ0n) is 18.8. The van der Waals surface area contributed by atoms with E-state index in [2.05, 4.69) is 98.9 Å². The second-order valence-electron chi connectivity index (χ2n) is 10.8. The van der Waals surface area contributed by atoms with Gasteiger partial charge in [-0.2, -0.15) is 0 Å². The minimum atomic E-state index is -1.90. The van der Waals surface area contributed by atoms with E-state index in [0.29, 0.717) is 0 Å². The highest BCUT2D eigenvalue weighted by atomic mass is 28.3. The zero-order valence-corrected chi connectivity index (χ0v) is 19.8. The van der Waals surface area contributed by atoms with Crippen molar-refractivity contribution in [3.63, 3.8) is 0 Å². The highest BCUT2D eigenvalue weighted by Gasteiger charge is 2.55. The summed E-state index contributed by atoms with van der Waals surface area (Å²) < 4.78 is 6.93. The summed E-state index contributed by atoms with van der Waals surface area (Å²) in [6, 6.07) is 0. The van der Waals surface area contributed by atoms with E-state index in [1.165, 1.54) is 11.1 Å². The van der Waals surface area contributed by atoms with E-state index in [-0.39, 0.29) is 22.2 Å². The second-order valence-corrected chi connectivity index (χ2v) is 15.5. The van der Waals surface area contributed by atoms with Gasteiger partial charge >= 0.3 is 0 Å². The number of ether oxygens (including phenoxy) is 1. The smallest absolute Gasteiger partial charge is 0.122 e. The number of hydrogen-bond acceptors (Lipinski definition) is 1. The summed E-state index contributed by atoms with van der Waals surface area (Å²) in [4.78, 5) is 0. The largest absolute Gasteiger partial charge is 0.371 e. The van der Waals surface area contributed by atoms with Gasteiger partial charge in [-0.15, -0.1) is 0 Å². The van der Waals surface area contributed by atoms with Crippen LogP contribution in [-0.2, 0) is 4.74 Å². The van der Waals surface area contributed by atoms with E-state index in [4.69, 9.17) is 4.74 Å². The molecule has 0 N–H and O–H groups in total. The molecule has 1 atom stereocenters. The van der Waals surface area contributed by atoms with Crippen LogP contribution in [-0.4, -0.2) is 19.4 Å². The van der Waals surface area contributed by atoms with Gasteiger partial charge in [-0.25, -0.2) is 0 Å². The lowest BCUT2D eigenvalue weighted by Crippen LogP contribution is -2.62. The molecule has 0 spiro atoms. The average Bonchev–Trinajstić information content (AvgIpc) is 2.99. The van der Waals surface area contributed by atoms with Gasteiger partial charge in [0.1, 0.15) is 8.07 Å². The fourth-order valence-electron chi connectivity index (χ4n) is 4.45. The molecule has 146 valence electrons. The third-order valence-electron chi connectivity index (χ3n) is 5.96. The summed E-state index contributed by atoms with van der Waals surface area (Å²) in [7, 11) is -1.90. The first-order valence-corrected chi connectivity index (χ1v) is 13.2. The van der Waals surface area contributed by atoms with Crippen LogP contribution in [0.5, 0.6) is 0 Å². The molecule has 1 unspecified atom stereocenters. The molecule has 0 saturated heterocycles. The molecule has 2 aliphatic rings. The minimum absolute atomic E-state index is 0.0762. The maximum absolute atomic E-state index is 6.93. The van der Waals surface area contributed by atoms with Gasteiger partial charge < -0.3 is 4.74 Å². The molecule has 1 nitrogen and oxygen atoms in total. The lowest BCUT2D eigenvalue weighted by Gasteiger charge is -2.53. The minimum Gasteiger partial charge on any atom is -0.371 e. The van der Waals surface area contributed by atoms with E-state index < -0.39 is 8.07 Å². The summed E-state index contributed by atoms with van der Waals surface area (Å²) in [5.41, 5.74) is 3.18. The van der Waals surface area contributed by atoms with Crippen LogP contribution in [0.3, 0.4) is 0 Å². The summed E-state index contributed by atoms with van der Waals surface area (Å²) >= 11 is 0. The van der Waals surface area contributed by atoms with Crippen LogP contribution in [0.15, 0.2) is 46.7 Å². The van der Waals surface area contributed by atoms with Crippen molar-refractivity contribution >= 4 is 8.07 Å². The first-order chi connectivity index (χ1) is 11.7. The van der Waals surface area contributed by atoms with Crippen LogP contribution in [0, 0.1) is 10.8 Å². The van der Waals surface area contributed by atoms with Gasteiger partial charge in [0.05, 0.1) is 11.3 Å². The van der Waals surface area contributed by atoms with Gasteiger partial charge in [0.15, 0.2) is 0 Å². The molecule has 0 aliphatic heterocycles. The molecule has 26 heavy (non-hydrogen) atoms. The predicted octanol–water partition coefficient (Wildman–Crippen LogP) is 7.17. The van der Waals surface area contributed by atoms with Crippen molar-refractivity contribution in [2.75, 3.05) is 0 Å². The molecule has 0 aromatic heterocycles. The Balaban J connectivity index is 2.70. The van der Waals surface area contributed by atoms with E-state index in [1.54, 1.807) is 5.20 Å². The van der Waals surface area contributed by atoms with Gasteiger partial charge in [0, 0.05) is 0 Å². The second kappa shape index (κ2) is 6.94. The van der Waals surface area contributed by atoms with E-state index in [1.807, 2.05) is 0 Å². The maximum atomic E-state index is 6.93. The number of hydrogen-bond donors (Lipinski definition) is 0. The summed E-state index contributed by atoms with van der Waals surface area (Å²) in [5.74, 6) is 0. The Bertz CT molecular complexity index is 659. The highest BCUT2D eigenvalue weighted by molar-refractivity contribution is 6.88. The van der Waals surface area contributed by atoms with Crippen LogP contribution in [0.4, 0.5) is 0 Å². The lowest BCUT2D eigenvalue weighted by molar-refractivity contribution is -0.0164. The van der Waals surface area contributed by atoms with Gasteiger partial charge in [0.2, 0.25) is 0 Å². The van der Waals surface area contributed by atoms with Crippen molar-refractivity contribution in [3.05, 3.63) is 46.7 Å². The molecule has 0 aromatic rings. The first kappa shape index (κ1) is 21.4. The predicted molar refractivity (Wildman–Crippen MR) is 118 cm³/mol. The molecular weight excluding hydrogens is 332 g/mol. The molecule has 0 heterocycles. The van der Waals surface area contributed by atoms with Crippen molar-refractivity contribution in [3.8, 4) is 0 Å².